The second kappa shape index (κ2) is 14.8. The van der Waals surface area contributed by atoms with Crippen molar-refractivity contribution in [3.63, 3.8) is 0 Å². The van der Waals surface area contributed by atoms with Crippen LogP contribution in [0.2, 0.25) is 0 Å². The van der Waals surface area contributed by atoms with Crippen LogP contribution in [0.3, 0.4) is 0 Å². The second-order valence-electron chi connectivity index (χ2n) is 15.5. The zero-order valence-corrected chi connectivity index (χ0v) is 34.8. The summed E-state index contributed by atoms with van der Waals surface area (Å²) in [6.07, 6.45) is 0. The van der Waals surface area contributed by atoms with E-state index < -0.39 is 0 Å². The topological polar surface area (TPSA) is 3.24 Å². The predicted molar refractivity (Wildman–Crippen MR) is 266 cm³/mol. The van der Waals surface area contributed by atoms with Gasteiger partial charge >= 0.3 is 0 Å². The van der Waals surface area contributed by atoms with E-state index in [0.29, 0.717) is 0 Å². The first-order chi connectivity index (χ1) is 30.3. The van der Waals surface area contributed by atoms with Crippen molar-refractivity contribution in [3.05, 3.63) is 224 Å². The van der Waals surface area contributed by atoms with Gasteiger partial charge in [0.25, 0.3) is 0 Å². The molecule has 1 nitrogen and oxygen atoms in total. The Morgan fingerprint density at radius 2 is 0.672 bits per heavy atom. The highest BCUT2D eigenvalue weighted by Crippen LogP contribution is 2.50. The first-order valence-corrected chi connectivity index (χ1v) is 22.4. The predicted octanol–water partition coefficient (Wildman–Crippen LogP) is 17.7. The van der Waals surface area contributed by atoms with E-state index in [9.17, 15) is 0 Å². The van der Waals surface area contributed by atoms with Crippen molar-refractivity contribution >= 4 is 90.9 Å². The molecule has 12 aromatic rings. The Morgan fingerprint density at radius 1 is 0.262 bits per heavy atom. The molecule has 0 bridgehead atoms. The summed E-state index contributed by atoms with van der Waals surface area (Å²) in [5, 5.41) is 7.70. The molecule has 0 aliphatic rings. The van der Waals surface area contributed by atoms with E-state index in [4.69, 9.17) is 0 Å². The minimum atomic E-state index is 1.09. The third-order valence-electron chi connectivity index (χ3n) is 12.1. The monoisotopic (exact) mass is 811 g/mol. The van der Waals surface area contributed by atoms with E-state index in [-0.39, 0.29) is 0 Å². The Morgan fingerprint density at radius 3 is 1.28 bits per heavy atom. The van der Waals surface area contributed by atoms with Crippen LogP contribution in [0.5, 0.6) is 0 Å². The minimum Gasteiger partial charge on any atom is -0.309 e. The van der Waals surface area contributed by atoms with E-state index in [0.717, 1.165) is 17.1 Å². The molecule has 3 heteroatoms. The Bertz CT molecular complexity index is 3590. The molecule has 0 amide bonds. The van der Waals surface area contributed by atoms with E-state index in [1.165, 1.54) is 95.6 Å². The zero-order chi connectivity index (χ0) is 40.3. The normalized spacial score (nSPS) is 11.6. The van der Waals surface area contributed by atoms with Gasteiger partial charge in [-0.3, -0.25) is 0 Å². The number of rotatable bonds is 7. The largest absolute Gasteiger partial charge is 0.309 e. The zero-order valence-electron chi connectivity index (χ0n) is 33.1. The van der Waals surface area contributed by atoms with Crippen LogP contribution in [0.1, 0.15) is 0 Å². The maximum Gasteiger partial charge on any atom is 0.0540 e. The molecule has 2 aromatic heterocycles. The Labute approximate surface area is 362 Å². The van der Waals surface area contributed by atoms with Gasteiger partial charge in [-0.2, -0.15) is 0 Å². The lowest BCUT2D eigenvalue weighted by Crippen LogP contribution is -2.12. The molecule has 0 radical (unpaired) electrons. The van der Waals surface area contributed by atoms with Gasteiger partial charge in [-0.25, -0.2) is 0 Å². The van der Waals surface area contributed by atoms with Crippen molar-refractivity contribution in [1.82, 2.24) is 0 Å². The molecular formula is C58H37NS2. The number of thiophene rings is 2. The summed E-state index contributed by atoms with van der Waals surface area (Å²) in [5.41, 5.74) is 13.0. The lowest BCUT2D eigenvalue weighted by atomic mass is 9.90. The van der Waals surface area contributed by atoms with Gasteiger partial charge in [0, 0.05) is 57.2 Å². The average molecular weight is 812 g/mol. The summed E-state index contributed by atoms with van der Waals surface area (Å²) in [6, 6.07) is 82.5. The maximum absolute atomic E-state index is 2.49. The van der Waals surface area contributed by atoms with Crippen LogP contribution in [0, 0.1) is 0 Å². The van der Waals surface area contributed by atoms with Gasteiger partial charge in [0.05, 0.1) is 11.4 Å². The summed E-state index contributed by atoms with van der Waals surface area (Å²) in [4.78, 5) is 2.49. The summed E-state index contributed by atoms with van der Waals surface area (Å²) >= 11 is 3.73. The molecule has 0 saturated carbocycles. The number of benzene rings is 10. The molecule has 0 fully saturated rings. The number of fused-ring (bicyclic) bond motifs is 7. The van der Waals surface area contributed by atoms with E-state index in [1.807, 2.05) is 22.7 Å². The van der Waals surface area contributed by atoms with Crippen molar-refractivity contribution in [3.8, 4) is 44.5 Å². The summed E-state index contributed by atoms with van der Waals surface area (Å²) in [7, 11) is 0. The Hall–Kier alpha value is -7.30. The first kappa shape index (κ1) is 35.6. The molecule has 61 heavy (non-hydrogen) atoms. The van der Waals surface area contributed by atoms with Crippen molar-refractivity contribution < 1.29 is 0 Å². The van der Waals surface area contributed by atoms with Gasteiger partial charge in [0.1, 0.15) is 0 Å². The highest BCUT2D eigenvalue weighted by Gasteiger charge is 2.23. The molecule has 0 unspecified atom stereocenters. The number of para-hydroxylation sites is 2. The lowest BCUT2D eigenvalue weighted by Gasteiger charge is -2.30. The third kappa shape index (κ3) is 5.96. The fraction of sp³-hybridized carbons (Fsp3) is 0. The van der Waals surface area contributed by atoms with E-state index in [1.54, 1.807) is 0 Å². The van der Waals surface area contributed by atoms with Gasteiger partial charge < -0.3 is 4.90 Å². The Balaban J connectivity index is 1.11. The molecule has 0 aliphatic carbocycles. The number of anilines is 3. The molecule has 0 aliphatic heterocycles. The summed E-state index contributed by atoms with van der Waals surface area (Å²) in [5.74, 6) is 0. The van der Waals surface area contributed by atoms with Crippen molar-refractivity contribution in [2.75, 3.05) is 4.90 Å². The number of hydrogen-bond donors (Lipinski definition) is 0. The van der Waals surface area contributed by atoms with Gasteiger partial charge in [0.15, 0.2) is 0 Å². The van der Waals surface area contributed by atoms with Crippen LogP contribution < -0.4 is 4.90 Å². The van der Waals surface area contributed by atoms with Gasteiger partial charge in [-0.15, -0.1) is 22.7 Å². The van der Waals surface area contributed by atoms with Gasteiger partial charge in [-0.1, -0.05) is 176 Å². The van der Waals surface area contributed by atoms with Crippen molar-refractivity contribution in [2.45, 2.75) is 0 Å². The lowest BCUT2D eigenvalue weighted by molar-refractivity contribution is 1.29. The molecule has 12 rings (SSSR count). The quantitative estimate of drug-likeness (QED) is 0.155. The molecule has 2 heterocycles. The van der Waals surface area contributed by atoms with E-state index in [2.05, 4.69) is 229 Å². The summed E-state index contributed by atoms with van der Waals surface area (Å²) < 4.78 is 5.23. The Kier molecular flexibility index (Phi) is 8.62. The number of hydrogen-bond acceptors (Lipinski definition) is 3. The second-order valence-corrected chi connectivity index (χ2v) is 17.7. The summed E-state index contributed by atoms with van der Waals surface area (Å²) in [6.45, 7) is 0. The number of nitrogens with zero attached hydrogens (tertiary/aromatic N) is 1. The van der Waals surface area contributed by atoms with Crippen molar-refractivity contribution in [2.24, 2.45) is 0 Å². The smallest absolute Gasteiger partial charge is 0.0540 e. The van der Waals surface area contributed by atoms with Crippen LogP contribution in [0.15, 0.2) is 224 Å². The standard InChI is InChI=1S/C58H37NS2/c1-2-16-38(17-3-1)42-24-12-18-40-19-13-26-46(56(40)42)44-20-4-8-28-50(44)59(41-36-34-39(35-37-41)43-25-14-32-54-57(43)48-22-6-10-30-52(48)60-54)51-29-9-5-21-45(51)47-27-15-33-55-58(47)49-23-7-11-31-53(49)61-55/h1-37H. The van der Waals surface area contributed by atoms with Gasteiger partial charge in [-0.05, 0) is 92.7 Å². The molecule has 286 valence electrons. The third-order valence-corrected chi connectivity index (χ3v) is 14.4. The molecule has 0 spiro atoms. The van der Waals surface area contributed by atoms with Crippen LogP contribution in [-0.2, 0) is 0 Å². The highest BCUT2D eigenvalue weighted by molar-refractivity contribution is 7.26. The molecule has 0 N–H and O–H groups in total. The fourth-order valence-corrected chi connectivity index (χ4v) is 11.7. The molecule has 0 atom stereocenters. The van der Waals surface area contributed by atoms with Crippen molar-refractivity contribution in [1.29, 1.82) is 0 Å². The SMILES string of the molecule is c1ccc(-c2cccc3cccc(-c4ccccc4N(c4ccc(-c5cccc6sc7ccccc7c56)cc4)c4ccccc4-c4cccc5sc6ccccc6c45)c23)cc1. The van der Waals surface area contributed by atoms with Gasteiger partial charge in [0.2, 0.25) is 0 Å². The molecule has 10 aromatic carbocycles. The minimum absolute atomic E-state index is 1.09. The van der Waals surface area contributed by atoms with Crippen LogP contribution in [0.25, 0.3) is 95.6 Å². The van der Waals surface area contributed by atoms with Crippen LogP contribution in [-0.4, -0.2) is 0 Å². The molecule has 0 saturated heterocycles. The fourth-order valence-electron chi connectivity index (χ4n) is 9.43. The highest BCUT2D eigenvalue weighted by atomic mass is 32.1. The van der Waals surface area contributed by atoms with Crippen LogP contribution in [0.4, 0.5) is 17.1 Å². The average Bonchev–Trinajstić information content (AvgIpc) is 3.91. The molecular weight excluding hydrogens is 775 g/mol. The first-order valence-electron chi connectivity index (χ1n) is 20.8. The maximum atomic E-state index is 2.49. The van der Waals surface area contributed by atoms with E-state index >= 15 is 0 Å². The van der Waals surface area contributed by atoms with Crippen LogP contribution >= 0.6 is 22.7 Å².